The van der Waals surface area contributed by atoms with Gasteiger partial charge in [0.1, 0.15) is 25.3 Å². The zero-order valence-corrected chi connectivity index (χ0v) is 19.2. The van der Waals surface area contributed by atoms with Gasteiger partial charge in [-0.2, -0.15) is 0 Å². The summed E-state index contributed by atoms with van der Waals surface area (Å²) in [5.74, 6) is -0.654. The van der Waals surface area contributed by atoms with Crippen molar-refractivity contribution in [1.29, 1.82) is 0 Å². The van der Waals surface area contributed by atoms with Crippen LogP contribution in [-0.4, -0.2) is 41.5 Å². The average Bonchev–Trinajstić information content (AvgIpc) is 3.32. The van der Waals surface area contributed by atoms with Crippen LogP contribution in [-0.2, 0) is 32.3 Å². The average molecular weight is 453 g/mol. The Labute approximate surface area is 195 Å². The van der Waals surface area contributed by atoms with E-state index in [-0.39, 0.29) is 25.0 Å². The number of amides is 2. The van der Waals surface area contributed by atoms with Gasteiger partial charge in [0.15, 0.2) is 0 Å². The molecule has 1 heterocycles. The molecule has 3 rings (SSSR count). The van der Waals surface area contributed by atoms with Crippen molar-refractivity contribution in [2.24, 2.45) is 5.92 Å². The van der Waals surface area contributed by atoms with Crippen LogP contribution in [0.3, 0.4) is 0 Å². The van der Waals surface area contributed by atoms with E-state index in [1.165, 1.54) is 4.90 Å². The summed E-state index contributed by atoms with van der Waals surface area (Å²) >= 11 is 0. The number of hydrogen-bond acceptors (Lipinski definition) is 5. The maximum absolute atomic E-state index is 13.0. The molecule has 176 valence electrons. The van der Waals surface area contributed by atoms with E-state index in [4.69, 9.17) is 9.47 Å². The highest BCUT2D eigenvalue weighted by Gasteiger charge is 2.37. The second kappa shape index (κ2) is 12.0. The molecule has 1 aliphatic heterocycles. The molecule has 1 saturated heterocycles. The van der Waals surface area contributed by atoms with Gasteiger partial charge in [0.2, 0.25) is 5.91 Å². The number of nitrogens with zero attached hydrogens (tertiary/aromatic N) is 1. The maximum Gasteiger partial charge on any atom is 0.410 e. The molecule has 33 heavy (non-hydrogen) atoms. The van der Waals surface area contributed by atoms with Crippen LogP contribution in [0.5, 0.6) is 0 Å². The first-order chi connectivity index (χ1) is 15.9. The number of ether oxygens (including phenoxy) is 2. The summed E-state index contributed by atoms with van der Waals surface area (Å²) in [6, 6.07) is 17.4. The number of likely N-dealkylation sites (tertiary alicyclic amines) is 1. The molecule has 1 N–H and O–H groups in total. The third-order valence-corrected chi connectivity index (χ3v) is 5.53. The zero-order valence-electron chi connectivity index (χ0n) is 19.2. The first kappa shape index (κ1) is 24.3. The number of esters is 1. The summed E-state index contributed by atoms with van der Waals surface area (Å²) in [6.07, 6.45) is 1.15. The van der Waals surface area contributed by atoms with E-state index in [0.717, 1.165) is 11.1 Å². The highest BCUT2D eigenvalue weighted by molar-refractivity contribution is 5.90. The van der Waals surface area contributed by atoms with Crippen molar-refractivity contribution in [3.8, 4) is 0 Å². The van der Waals surface area contributed by atoms with Gasteiger partial charge in [-0.3, -0.25) is 9.69 Å². The quantitative estimate of drug-likeness (QED) is 0.580. The fraction of sp³-hybridized carbons (Fsp3) is 0.423. The lowest BCUT2D eigenvalue weighted by molar-refractivity contribution is -0.150. The van der Waals surface area contributed by atoms with Crippen LogP contribution in [0.15, 0.2) is 60.7 Å². The Morgan fingerprint density at radius 2 is 1.52 bits per heavy atom. The van der Waals surface area contributed by atoms with Gasteiger partial charge in [0.25, 0.3) is 0 Å². The molecule has 0 spiro atoms. The van der Waals surface area contributed by atoms with E-state index in [1.54, 1.807) is 0 Å². The van der Waals surface area contributed by atoms with Crippen LogP contribution < -0.4 is 5.32 Å². The van der Waals surface area contributed by atoms with E-state index in [9.17, 15) is 14.4 Å². The molecule has 2 aromatic carbocycles. The molecule has 0 aromatic heterocycles. The zero-order chi connectivity index (χ0) is 23.6. The number of carbonyl (C=O) groups is 3. The standard InChI is InChI=1S/C26H32N2O5/c1-19(2)16-22(25(30)32-17-20-10-5-3-6-11-20)27-24(29)23-14-9-15-28(23)26(31)33-18-21-12-7-4-8-13-21/h3-8,10-13,19,22-23H,9,14-18H2,1-2H3,(H,27,29)/t22-,23+/m1/s1. The molecule has 2 atom stereocenters. The SMILES string of the molecule is CC(C)C[C@@H](NC(=O)[C@@H]1CCCN1C(=O)OCc1ccccc1)C(=O)OCc1ccccc1. The van der Waals surface area contributed by atoms with Gasteiger partial charge in [-0.1, -0.05) is 74.5 Å². The minimum atomic E-state index is -0.774. The molecule has 0 bridgehead atoms. The van der Waals surface area contributed by atoms with Crippen molar-refractivity contribution in [2.75, 3.05) is 6.54 Å². The third-order valence-electron chi connectivity index (χ3n) is 5.53. The Balaban J connectivity index is 1.57. The Morgan fingerprint density at radius 3 is 2.09 bits per heavy atom. The lowest BCUT2D eigenvalue weighted by Crippen LogP contribution is -2.51. The molecule has 1 aliphatic rings. The van der Waals surface area contributed by atoms with Gasteiger partial charge in [-0.15, -0.1) is 0 Å². The van der Waals surface area contributed by atoms with Gasteiger partial charge in [-0.05, 0) is 36.3 Å². The first-order valence-electron chi connectivity index (χ1n) is 11.4. The molecule has 0 aliphatic carbocycles. The molecule has 2 amide bonds. The van der Waals surface area contributed by atoms with E-state index < -0.39 is 24.1 Å². The lowest BCUT2D eigenvalue weighted by Gasteiger charge is -2.26. The summed E-state index contributed by atoms with van der Waals surface area (Å²) in [7, 11) is 0. The summed E-state index contributed by atoms with van der Waals surface area (Å²) in [6.45, 7) is 4.69. The topological polar surface area (TPSA) is 84.9 Å². The van der Waals surface area contributed by atoms with Crippen LogP contribution >= 0.6 is 0 Å². The Bertz CT molecular complexity index is 917. The summed E-state index contributed by atoms with van der Waals surface area (Å²) in [5.41, 5.74) is 1.76. The van der Waals surface area contributed by atoms with E-state index in [2.05, 4.69) is 5.32 Å². The number of benzene rings is 2. The molecule has 0 unspecified atom stereocenters. The summed E-state index contributed by atoms with van der Waals surface area (Å²) in [4.78, 5) is 39.8. The van der Waals surface area contributed by atoms with Crippen molar-refractivity contribution in [1.82, 2.24) is 10.2 Å². The highest BCUT2D eigenvalue weighted by atomic mass is 16.6. The summed E-state index contributed by atoms with van der Waals surface area (Å²) < 4.78 is 10.9. The third kappa shape index (κ3) is 7.34. The van der Waals surface area contributed by atoms with Crippen LogP contribution in [0.4, 0.5) is 4.79 Å². The van der Waals surface area contributed by atoms with Gasteiger partial charge in [-0.25, -0.2) is 9.59 Å². The van der Waals surface area contributed by atoms with Crippen molar-refractivity contribution in [3.05, 3.63) is 71.8 Å². The van der Waals surface area contributed by atoms with Crippen LogP contribution in [0.2, 0.25) is 0 Å². The molecular formula is C26H32N2O5. The Kier molecular flexibility index (Phi) is 8.87. The number of carbonyl (C=O) groups excluding carboxylic acids is 3. The van der Waals surface area contributed by atoms with Gasteiger partial charge >= 0.3 is 12.1 Å². The Morgan fingerprint density at radius 1 is 0.939 bits per heavy atom. The maximum atomic E-state index is 13.0. The second-order valence-electron chi connectivity index (χ2n) is 8.68. The first-order valence-corrected chi connectivity index (χ1v) is 11.4. The smallest absolute Gasteiger partial charge is 0.410 e. The predicted octanol–water partition coefficient (Wildman–Crippen LogP) is 4.06. The molecular weight excluding hydrogens is 420 g/mol. The normalized spacial score (nSPS) is 16.3. The minimum absolute atomic E-state index is 0.144. The largest absolute Gasteiger partial charge is 0.459 e. The van der Waals surface area contributed by atoms with Gasteiger partial charge in [0, 0.05) is 6.54 Å². The van der Waals surface area contributed by atoms with Crippen molar-refractivity contribution < 1.29 is 23.9 Å². The van der Waals surface area contributed by atoms with Crippen molar-refractivity contribution in [2.45, 2.75) is 58.4 Å². The fourth-order valence-corrected chi connectivity index (χ4v) is 3.84. The number of hydrogen-bond donors (Lipinski definition) is 1. The van der Waals surface area contributed by atoms with Crippen LogP contribution in [0.25, 0.3) is 0 Å². The van der Waals surface area contributed by atoms with E-state index >= 15 is 0 Å². The van der Waals surface area contributed by atoms with Gasteiger partial charge < -0.3 is 14.8 Å². The number of rotatable bonds is 9. The molecule has 0 radical (unpaired) electrons. The molecule has 7 heteroatoms. The summed E-state index contributed by atoms with van der Waals surface area (Å²) in [5, 5.41) is 2.82. The lowest BCUT2D eigenvalue weighted by atomic mass is 10.0. The van der Waals surface area contributed by atoms with Crippen LogP contribution in [0, 0.1) is 5.92 Å². The minimum Gasteiger partial charge on any atom is -0.459 e. The predicted molar refractivity (Wildman–Crippen MR) is 124 cm³/mol. The second-order valence-corrected chi connectivity index (χ2v) is 8.68. The van der Waals surface area contributed by atoms with E-state index in [0.29, 0.717) is 25.8 Å². The fourth-order valence-electron chi connectivity index (χ4n) is 3.84. The molecule has 7 nitrogen and oxygen atoms in total. The highest BCUT2D eigenvalue weighted by Crippen LogP contribution is 2.20. The molecule has 0 saturated carbocycles. The number of nitrogens with one attached hydrogen (secondary N) is 1. The van der Waals surface area contributed by atoms with Crippen LogP contribution in [0.1, 0.15) is 44.2 Å². The Hall–Kier alpha value is -3.35. The van der Waals surface area contributed by atoms with Gasteiger partial charge in [0.05, 0.1) is 0 Å². The van der Waals surface area contributed by atoms with Crippen molar-refractivity contribution in [3.63, 3.8) is 0 Å². The monoisotopic (exact) mass is 452 g/mol. The molecule has 1 fully saturated rings. The van der Waals surface area contributed by atoms with Crippen molar-refractivity contribution >= 4 is 18.0 Å². The molecule has 2 aromatic rings. The van der Waals surface area contributed by atoms with E-state index in [1.807, 2.05) is 74.5 Å².